The van der Waals surface area contributed by atoms with Crippen molar-refractivity contribution in [2.45, 2.75) is 12.5 Å². The summed E-state index contributed by atoms with van der Waals surface area (Å²) < 4.78 is 25.2. The standard InChI is InChI=1S/C9H6BrF2N/c1-13-8(9(11)12)6-4-2-3-5-7(6)10/h2-5,8-9H. The first-order valence-corrected chi connectivity index (χ1v) is 4.35. The molecule has 0 spiro atoms. The molecule has 1 rings (SSSR count). The molecule has 0 saturated heterocycles. The van der Waals surface area contributed by atoms with Crippen LogP contribution in [-0.2, 0) is 0 Å². The van der Waals surface area contributed by atoms with Gasteiger partial charge in [0.05, 0.1) is 5.56 Å². The number of halogens is 3. The van der Waals surface area contributed by atoms with Crippen LogP contribution in [0.5, 0.6) is 0 Å². The highest BCUT2D eigenvalue weighted by molar-refractivity contribution is 9.10. The van der Waals surface area contributed by atoms with Gasteiger partial charge in [-0.05, 0) is 12.1 Å². The first kappa shape index (κ1) is 10.1. The van der Waals surface area contributed by atoms with Crippen LogP contribution < -0.4 is 0 Å². The van der Waals surface area contributed by atoms with E-state index in [0.29, 0.717) is 10.0 Å². The topological polar surface area (TPSA) is 4.36 Å². The summed E-state index contributed by atoms with van der Waals surface area (Å²) in [5, 5.41) is 0. The van der Waals surface area contributed by atoms with Gasteiger partial charge < -0.3 is 4.85 Å². The number of alkyl halides is 2. The minimum atomic E-state index is -2.64. The number of hydrogen-bond acceptors (Lipinski definition) is 0. The maximum Gasteiger partial charge on any atom is 0.316 e. The average molecular weight is 246 g/mol. The van der Waals surface area contributed by atoms with Crippen LogP contribution in [0.4, 0.5) is 8.78 Å². The fourth-order valence-corrected chi connectivity index (χ4v) is 1.50. The van der Waals surface area contributed by atoms with E-state index in [1.54, 1.807) is 18.2 Å². The second kappa shape index (κ2) is 4.33. The third kappa shape index (κ3) is 2.25. The molecular formula is C9H6BrF2N. The number of benzene rings is 1. The Kier molecular flexibility index (Phi) is 3.38. The van der Waals surface area contributed by atoms with E-state index < -0.39 is 12.5 Å². The Hall–Kier alpha value is -0.950. The molecule has 1 aromatic rings. The number of rotatable bonds is 2. The molecule has 0 N–H and O–H groups in total. The summed E-state index contributed by atoms with van der Waals surface area (Å²) in [5.41, 5.74) is 0.340. The molecule has 0 saturated carbocycles. The van der Waals surface area contributed by atoms with Gasteiger partial charge in [0, 0.05) is 4.47 Å². The van der Waals surface area contributed by atoms with E-state index in [9.17, 15) is 8.78 Å². The second-order valence-corrected chi connectivity index (χ2v) is 3.28. The van der Waals surface area contributed by atoms with Crippen LogP contribution in [0, 0.1) is 6.57 Å². The maximum absolute atomic E-state index is 12.3. The molecular weight excluding hydrogens is 240 g/mol. The van der Waals surface area contributed by atoms with Gasteiger partial charge in [0.15, 0.2) is 0 Å². The van der Waals surface area contributed by atoms with Crippen molar-refractivity contribution in [1.82, 2.24) is 0 Å². The van der Waals surface area contributed by atoms with Gasteiger partial charge in [-0.1, -0.05) is 28.1 Å². The van der Waals surface area contributed by atoms with E-state index in [-0.39, 0.29) is 0 Å². The Morgan fingerprint density at radius 3 is 2.38 bits per heavy atom. The van der Waals surface area contributed by atoms with Crippen LogP contribution in [-0.4, -0.2) is 6.43 Å². The molecule has 1 nitrogen and oxygen atoms in total. The average Bonchev–Trinajstić information content (AvgIpc) is 2.09. The predicted octanol–water partition coefficient (Wildman–Crippen LogP) is 3.67. The van der Waals surface area contributed by atoms with Crippen LogP contribution in [0.15, 0.2) is 28.7 Å². The molecule has 0 aliphatic rings. The smallest absolute Gasteiger partial charge is 0.302 e. The minimum absolute atomic E-state index is 0.340. The van der Waals surface area contributed by atoms with E-state index in [1.807, 2.05) is 0 Å². The summed E-state index contributed by atoms with van der Waals surface area (Å²) in [5.74, 6) is 0. The largest absolute Gasteiger partial charge is 0.316 e. The van der Waals surface area contributed by atoms with Crippen molar-refractivity contribution < 1.29 is 8.78 Å². The Bertz CT molecular complexity index is 333. The zero-order valence-corrected chi connectivity index (χ0v) is 8.13. The third-order valence-electron chi connectivity index (χ3n) is 1.60. The molecule has 13 heavy (non-hydrogen) atoms. The lowest BCUT2D eigenvalue weighted by Gasteiger charge is -2.05. The lowest BCUT2D eigenvalue weighted by Crippen LogP contribution is -2.04. The zero-order valence-electron chi connectivity index (χ0n) is 6.55. The van der Waals surface area contributed by atoms with Crippen LogP contribution in [0.25, 0.3) is 4.85 Å². The van der Waals surface area contributed by atoms with Crippen LogP contribution in [0.3, 0.4) is 0 Å². The number of hydrogen-bond donors (Lipinski definition) is 0. The first-order valence-electron chi connectivity index (χ1n) is 3.56. The van der Waals surface area contributed by atoms with Gasteiger partial charge in [-0.25, -0.2) is 15.4 Å². The predicted molar refractivity (Wildman–Crippen MR) is 49.5 cm³/mol. The first-order chi connectivity index (χ1) is 6.16. The third-order valence-corrected chi connectivity index (χ3v) is 2.32. The van der Waals surface area contributed by atoms with Crippen molar-refractivity contribution in [3.05, 3.63) is 45.7 Å². The Morgan fingerprint density at radius 1 is 1.31 bits per heavy atom. The molecule has 1 atom stereocenters. The molecule has 4 heteroatoms. The molecule has 0 heterocycles. The van der Waals surface area contributed by atoms with Gasteiger partial charge >= 0.3 is 12.5 Å². The van der Waals surface area contributed by atoms with Gasteiger partial charge in [-0.3, -0.25) is 0 Å². The Morgan fingerprint density at radius 2 is 1.92 bits per heavy atom. The van der Waals surface area contributed by atoms with Crippen molar-refractivity contribution in [2.24, 2.45) is 0 Å². The molecule has 1 aromatic carbocycles. The Labute approximate surface area is 83.3 Å². The zero-order chi connectivity index (χ0) is 9.84. The van der Waals surface area contributed by atoms with Crippen molar-refractivity contribution in [3.8, 4) is 0 Å². The SMILES string of the molecule is [C-]#[N+]C(c1ccccc1Br)C(F)F. The van der Waals surface area contributed by atoms with E-state index in [0.717, 1.165) is 0 Å². The van der Waals surface area contributed by atoms with Gasteiger partial charge in [0.2, 0.25) is 0 Å². The highest BCUT2D eigenvalue weighted by atomic mass is 79.9. The van der Waals surface area contributed by atoms with Gasteiger partial charge in [-0.2, -0.15) is 0 Å². The van der Waals surface area contributed by atoms with Gasteiger partial charge in [0.25, 0.3) is 0 Å². The highest BCUT2D eigenvalue weighted by Gasteiger charge is 2.29. The fraction of sp³-hybridized carbons (Fsp3) is 0.222. The van der Waals surface area contributed by atoms with Gasteiger partial charge in [0.1, 0.15) is 0 Å². The summed E-state index contributed by atoms with van der Waals surface area (Å²) in [4.78, 5) is 2.89. The summed E-state index contributed by atoms with van der Waals surface area (Å²) >= 11 is 3.13. The molecule has 0 aliphatic heterocycles. The summed E-state index contributed by atoms with van der Waals surface area (Å²) in [6, 6.07) is 5.17. The highest BCUT2D eigenvalue weighted by Crippen LogP contribution is 2.30. The lowest BCUT2D eigenvalue weighted by molar-refractivity contribution is 0.130. The Balaban J connectivity index is 3.07. The van der Waals surface area contributed by atoms with Gasteiger partial charge in [-0.15, -0.1) is 0 Å². The molecule has 0 fully saturated rings. The lowest BCUT2D eigenvalue weighted by atomic mass is 10.1. The number of nitrogens with zero attached hydrogens (tertiary/aromatic N) is 1. The van der Waals surface area contributed by atoms with Crippen LogP contribution >= 0.6 is 15.9 Å². The second-order valence-electron chi connectivity index (χ2n) is 2.43. The molecule has 0 aliphatic carbocycles. The van der Waals surface area contributed by atoms with Crippen molar-refractivity contribution in [3.63, 3.8) is 0 Å². The molecule has 0 bridgehead atoms. The molecule has 0 aromatic heterocycles. The van der Waals surface area contributed by atoms with E-state index in [4.69, 9.17) is 6.57 Å². The van der Waals surface area contributed by atoms with Crippen LogP contribution in [0.1, 0.15) is 11.6 Å². The monoisotopic (exact) mass is 245 g/mol. The molecule has 1 unspecified atom stereocenters. The molecule has 68 valence electrons. The molecule has 0 radical (unpaired) electrons. The van der Waals surface area contributed by atoms with E-state index in [1.165, 1.54) is 6.07 Å². The quantitative estimate of drug-likeness (QED) is 0.701. The summed E-state index contributed by atoms with van der Waals surface area (Å²) in [6.45, 7) is 6.65. The van der Waals surface area contributed by atoms with Crippen LogP contribution in [0.2, 0.25) is 0 Å². The van der Waals surface area contributed by atoms with E-state index >= 15 is 0 Å². The van der Waals surface area contributed by atoms with Crippen molar-refractivity contribution in [2.75, 3.05) is 0 Å². The summed E-state index contributed by atoms with van der Waals surface area (Å²) in [7, 11) is 0. The maximum atomic E-state index is 12.3. The van der Waals surface area contributed by atoms with E-state index in [2.05, 4.69) is 20.8 Å². The van der Waals surface area contributed by atoms with Crippen molar-refractivity contribution in [1.29, 1.82) is 0 Å². The minimum Gasteiger partial charge on any atom is -0.302 e. The summed E-state index contributed by atoms with van der Waals surface area (Å²) in [6.07, 6.45) is -2.64. The molecule has 0 amide bonds. The van der Waals surface area contributed by atoms with Crippen molar-refractivity contribution >= 4 is 15.9 Å². The fourth-order valence-electron chi connectivity index (χ4n) is 0.977. The normalized spacial score (nSPS) is 12.5.